The molecule has 0 bridgehead atoms. The first kappa shape index (κ1) is 16.0. The van der Waals surface area contributed by atoms with Gasteiger partial charge in [-0.3, -0.25) is 4.90 Å². The molecule has 1 atom stereocenters. The highest BCUT2D eigenvalue weighted by molar-refractivity contribution is 7.80. The van der Waals surface area contributed by atoms with Crippen molar-refractivity contribution < 1.29 is 0 Å². The lowest BCUT2D eigenvalue weighted by molar-refractivity contribution is 0.238. The van der Waals surface area contributed by atoms with E-state index in [1.807, 2.05) is 0 Å². The van der Waals surface area contributed by atoms with E-state index in [0.717, 1.165) is 56.4 Å². The molecule has 7 heteroatoms. The molecule has 1 aromatic rings. The molecule has 1 fully saturated rings. The fourth-order valence-electron chi connectivity index (χ4n) is 2.55. The van der Waals surface area contributed by atoms with Crippen LogP contribution in [-0.2, 0) is 12.8 Å². The second-order valence-corrected chi connectivity index (χ2v) is 5.79. The lowest BCUT2D eigenvalue weighted by Gasteiger charge is -2.37. The van der Waals surface area contributed by atoms with Gasteiger partial charge >= 0.3 is 0 Å². The third-order valence-corrected chi connectivity index (χ3v) is 4.40. The van der Waals surface area contributed by atoms with Gasteiger partial charge in [-0.15, -0.1) is 5.10 Å². The van der Waals surface area contributed by atoms with Gasteiger partial charge in [-0.05, 0) is 19.8 Å². The minimum atomic E-state index is 0.148. The normalized spacial score (nSPS) is 17.8. The zero-order valence-corrected chi connectivity index (χ0v) is 13.9. The smallest absolute Gasteiger partial charge is 0.245 e. The van der Waals surface area contributed by atoms with Crippen LogP contribution in [0.5, 0.6) is 0 Å². The van der Waals surface area contributed by atoms with E-state index in [2.05, 4.69) is 45.8 Å². The zero-order valence-electron chi connectivity index (χ0n) is 13.0. The third kappa shape index (κ3) is 3.65. The van der Waals surface area contributed by atoms with Gasteiger partial charge in [-0.25, -0.2) is 4.98 Å². The third-order valence-electron chi connectivity index (χ3n) is 4.05. The van der Waals surface area contributed by atoms with Crippen molar-refractivity contribution in [2.45, 2.75) is 39.7 Å². The van der Waals surface area contributed by atoms with Crippen molar-refractivity contribution in [3.8, 4) is 0 Å². The summed E-state index contributed by atoms with van der Waals surface area (Å²) in [5, 5.41) is 8.60. The highest BCUT2D eigenvalue weighted by atomic mass is 32.1. The fourth-order valence-corrected chi connectivity index (χ4v) is 2.70. The molecule has 0 amide bonds. The largest absolute Gasteiger partial charge is 0.392 e. The fraction of sp³-hybridized carbons (Fsp3) is 0.714. The molecule has 6 nitrogen and oxygen atoms in total. The molecule has 1 aliphatic rings. The summed E-state index contributed by atoms with van der Waals surface area (Å²) in [6.07, 6.45) is 1.77. The highest BCUT2D eigenvalue weighted by Gasteiger charge is 2.24. The molecule has 0 aromatic carbocycles. The number of thiocarbonyl (C=S) groups is 1. The van der Waals surface area contributed by atoms with Crippen LogP contribution >= 0.6 is 12.2 Å². The van der Waals surface area contributed by atoms with Crippen molar-refractivity contribution in [3.05, 3.63) is 11.4 Å². The standard InChI is InChI=1S/C14H24N6S/c1-4-11-12(5-2)17-18-14(16-11)20-8-6-19(7-9-20)10(3)13(15)21/h10H,4-9H2,1-3H3,(H2,15,21). The van der Waals surface area contributed by atoms with E-state index in [1.54, 1.807) is 0 Å². The first-order valence-electron chi connectivity index (χ1n) is 7.57. The summed E-state index contributed by atoms with van der Waals surface area (Å²) in [4.78, 5) is 9.72. The van der Waals surface area contributed by atoms with Crippen LogP contribution in [0.4, 0.5) is 5.95 Å². The summed E-state index contributed by atoms with van der Waals surface area (Å²) >= 11 is 5.07. The summed E-state index contributed by atoms with van der Waals surface area (Å²) < 4.78 is 0. The van der Waals surface area contributed by atoms with Crippen LogP contribution in [0.25, 0.3) is 0 Å². The van der Waals surface area contributed by atoms with Gasteiger partial charge in [0.1, 0.15) is 0 Å². The van der Waals surface area contributed by atoms with Crippen LogP contribution in [0, 0.1) is 0 Å². The number of nitrogens with zero attached hydrogens (tertiary/aromatic N) is 5. The first-order valence-corrected chi connectivity index (χ1v) is 7.98. The van der Waals surface area contributed by atoms with E-state index in [-0.39, 0.29) is 6.04 Å². The molecule has 1 unspecified atom stereocenters. The maximum absolute atomic E-state index is 5.72. The Morgan fingerprint density at radius 2 is 1.76 bits per heavy atom. The quantitative estimate of drug-likeness (QED) is 0.806. The number of aromatic nitrogens is 3. The van der Waals surface area contributed by atoms with Crippen LogP contribution in [0.3, 0.4) is 0 Å². The van der Waals surface area contributed by atoms with Crippen molar-refractivity contribution in [3.63, 3.8) is 0 Å². The van der Waals surface area contributed by atoms with E-state index in [4.69, 9.17) is 18.0 Å². The maximum atomic E-state index is 5.72. The molecule has 1 aromatic heterocycles. The Morgan fingerprint density at radius 1 is 1.14 bits per heavy atom. The molecule has 0 spiro atoms. The van der Waals surface area contributed by atoms with Gasteiger partial charge in [0.2, 0.25) is 5.95 Å². The van der Waals surface area contributed by atoms with Crippen molar-refractivity contribution in [1.82, 2.24) is 20.1 Å². The molecule has 116 valence electrons. The van der Waals surface area contributed by atoms with Crippen molar-refractivity contribution in [1.29, 1.82) is 0 Å². The Morgan fingerprint density at radius 3 is 2.29 bits per heavy atom. The molecule has 2 heterocycles. The van der Waals surface area contributed by atoms with E-state index in [9.17, 15) is 0 Å². The van der Waals surface area contributed by atoms with Crippen molar-refractivity contribution in [2.24, 2.45) is 5.73 Å². The molecular formula is C14H24N6S. The summed E-state index contributed by atoms with van der Waals surface area (Å²) in [7, 11) is 0. The predicted molar refractivity (Wildman–Crippen MR) is 88.6 cm³/mol. The molecule has 0 radical (unpaired) electrons. The van der Waals surface area contributed by atoms with Crippen LogP contribution in [0.1, 0.15) is 32.2 Å². The maximum Gasteiger partial charge on any atom is 0.245 e. The molecule has 1 saturated heterocycles. The van der Waals surface area contributed by atoms with E-state index < -0.39 is 0 Å². The summed E-state index contributed by atoms with van der Waals surface area (Å²) in [6.45, 7) is 9.83. The minimum Gasteiger partial charge on any atom is -0.392 e. The molecule has 2 N–H and O–H groups in total. The second kappa shape index (κ2) is 7.09. The van der Waals surface area contributed by atoms with Gasteiger partial charge in [0, 0.05) is 26.2 Å². The molecular weight excluding hydrogens is 284 g/mol. The van der Waals surface area contributed by atoms with E-state index in [1.165, 1.54) is 0 Å². The first-order chi connectivity index (χ1) is 10.1. The zero-order chi connectivity index (χ0) is 15.4. The lowest BCUT2D eigenvalue weighted by atomic mass is 10.2. The van der Waals surface area contributed by atoms with Crippen LogP contribution in [0.15, 0.2) is 0 Å². The van der Waals surface area contributed by atoms with Crippen LogP contribution in [-0.4, -0.2) is 57.3 Å². The minimum absolute atomic E-state index is 0.148. The van der Waals surface area contributed by atoms with Gasteiger partial charge in [-0.2, -0.15) is 5.10 Å². The highest BCUT2D eigenvalue weighted by Crippen LogP contribution is 2.14. The number of anilines is 1. The van der Waals surface area contributed by atoms with E-state index in [0.29, 0.717) is 4.99 Å². The molecule has 2 rings (SSSR count). The van der Waals surface area contributed by atoms with Gasteiger partial charge < -0.3 is 10.6 Å². The second-order valence-electron chi connectivity index (χ2n) is 5.31. The summed E-state index contributed by atoms with van der Waals surface area (Å²) in [6, 6.07) is 0.148. The summed E-state index contributed by atoms with van der Waals surface area (Å²) in [5.41, 5.74) is 7.78. The van der Waals surface area contributed by atoms with E-state index >= 15 is 0 Å². The number of piperazine rings is 1. The topological polar surface area (TPSA) is 71.2 Å². The summed E-state index contributed by atoms with van der Waals surface area (Å²) in [5.74, 6) is 0.742. The Bertz CT molecular complexity index is 498. The number of hydrogen-bond acceptors (Lipinski definition) is 6. The Kier molecular flexibility index (Phi) is 5.41. The van der Waals surface area contributed by atoms with Gasteiger partial charge in [0.05, 0.1) is 22.4 Å². The van der Waals surface area contributed by atoms with Crippen LogP contribution in [0.2, 0.25) is 0 Å². The number of hydrogen-bond donors (Lipinski definition) is 1. The average Bonchev–Trinajstić information content (AvgIpc) is 2.53. The monoisotopic (exact) mass is 308 g/mol. The van der Waals surface area contributed by atoms with Crippen molar-refractivity contribution >= 4 is 23.2 Å². The van der Waals surface area contributed by atoms with Gasteiger partial charge in [0.25, 0.3) is 0 Å². The van der Waals surface area contributed by atoms with Gasteiger partial charge in [-0.1, -0.05) is 26.1 Å². The molecule has 0 aliphatic carbocycles. The number of rotatable bonds is 5. The Balaban J connectivity index is 2.04. The average molecular weight is 308 g/mol. The Hall–Kier alpha value is -1.34. The van der Waals surface area contributed by atoms with Crippen LogP contribution < -0.4 is 10.6 Å². The molecule has 21 heavy (non-hydrogen) atoms. The number of nitrogens with two attached hydrogens (primary N) is 1. The van der Waals surface area contributed by atoms with Gasteiger partial charge in [0.15, 0.2) is 0 Å². The van der Waals surface area contributed by atoms with Crippen molar-refractivity contribution in [2.75, 3.05) is 31.1 Å². The Labute approximate surface area is 131 Å². The molecule has 0 saturated carbocycles. The number of aryl methyl sites for hydroxylation is 2. The lowest BCUT2D eigenvalue weighted by Crippen LogP contribution is -2.53. The molecule has 1 aliphatic heterocycles. The predicted octanol–water partition coefficient (Wildman–Crippen LogP) is 0.793. The SMILES string of the molecule is CCc1nnc(N2CCN(C(C)C(N)=S)CC2)nc1CC.